The standard InChI is InChI=1S/C18H29N3O2/c1-15(12-13-16-9-5-4-6-10-16)21-18(19-2)20-14-8-7-11-17(22)23-3/h4-6,9-10,15H,7-8,11-14H2,1-3H3,(H2,19,20,21). The lowest BCUT2D eigenvalue weighted by Crippen LogP contribution is -2.42. The molecule has 5 heteroatoms. The van der Waals surface area contributed by atoms with Crippen LogP contribution in [0.3, 0.4) is 0 Å². The van der Waals surface area contributed by atoms with Crippen LogP contribution in [0.2, 0.25) is 0 Å². The number of carbonyl (C=O) groups is 1. The van der Waals surface area contributed by atoms with E-state index in [2.05, 4.69) is 51.6 Å². The molecule has 0 saturated heterocycles. The van der Waals surface area contributed by atoms with E-state index in [1.54, 1.807) is 7.05 Å². The Morgan fingerprint density at radius 3 is 2.65 bits per heavy atom. The molecule has 0 aliphatic carbocycles. The van der Waals surface area contributed by atoms with Gasteiger partial charge in [0.05, 0.1) is 7.11 Å². The van der Waals surface area contributed by atoms with Crippen molar-refractivity contribution >= 4 is 11.9 Å². The maximum Gasteiger partial charge on any atom is 0.305 e. The number of unbranched alkanes of at least 4 members (excludes halogenated alkanes) is 1. The molecule has 1 rings (SSSR count). The van der Waals surface area contributed by atoms with Gasteiger partial charge >= 0.3 is 5.97 Å². The maximum absolute atomic E-state index is 11.0. The van der Waals surface area contributed by atoms with Crippen LogP contribution in [-0.2, 0) is 16.0 Å². The lowest BCUT2D eigenvalue weighted by atomic mass is 10.1. The number of ether oxygens (including phenoxy) is 1. The summed E-state index contributed by atoms with van der Waals surface area (Å²) in [5.41, 5.74) is 1.35. The van der Waals surface area contributed by atoms with Gasteiger partial charge in [0.1, 0.15) is 0 Å². The number of benzene rings is 1. The van der Waals surface area contributed by atoms with Gasteiger partial charge in [-0.05, 0) is 38.2 Å². The van der Waals surface area contributed by atoms with Gasteiger partial charge in [0.2, 0.25) is 0 Å². The van der Waals surface area contributed by atoms with E-state index in [-0.39, 0.29) is 5.97 Å². The van der Waals surface area contributed by atoms with Crippen LogP contribution < -0.4 is 10.6 Å². The monoisotopic (exact) mass is 319 g/mol. The number of rotatable bonds is 9. The molecule has 0 spiro atoms. The Kier molecular flexibility index (Phi) is 9.52. The Morgan fingerprint density at radius 1 is 1.26 bits per heavy atom. The highest BCUT2D eigenvalue weighted by Crippen LogP contribution is 2.04. The van der Waals surface area contributed by atoms with Crippen molar-refractivity contribution in [3.63, 3.8) is 0 Å². The lowest BCUT2D eigenvalue weighted by Gasteiger charge is -2.18. The third kappa shape index (κ3) is 8.86. The highest BCUT2D eigenvalue weighted by atomic mass is 16.5. The Labute approximate surface area is 139 Å². The molecular weight excluding hydrogens is 290 g/mol. The Bertz CT molecular complexity index is 474. The number of hydrogen-bond donors (Lipinski definition) is 2. The quantitative estimate of drug-likeness (QED) is 0.318. The minimum absolute atomic E-state index is 0.151. The van der Waals surface area contributed by atoms with Gasteiger partial charge in [0, 0.05) is 26.1 Å². The molecule has 0 radical (unpaired) electrons. The van der Waals surface area contributed by atoms with E-state index in [9.17, 15) is 4.79 Å². The molecule has 0 amide bonds. The number of nitrogens with zero attached hydrogens (tertiary/aromatic N) is 1. The van der Waals surface area contributed by atoms with Gasteiger partial charge in [0.25, 0.3) is 0 Å². The molecule has 128 valence electrons. The minimum Gasteiger partial charge on any atom is -0.469 e. The third-order valence-electron chi connectivity index (χ3n) is 3.64. The summed E-state index contributed by atoms with van der Waals surface area (Å²) in [6, 6.07) is 10.8. The van der Waals surface area contributed by atoms with Crippen LogP contribution in [0.5, 0.6) is 0 Å². The highest BCUT2D eigenvalue weighted by Gasteiger charge is 2.05. The summed E-state index contributed by atoms with van der Waals surface area (Å²) in [6.07, 6.45) is 4.30. The molecule has 5 nitrogen and oxygen atoms in total. The molecule has 0 aliphatic rings. The molecule has 1 aromatic rings. The lowest BCUT2D eigenvalue weighted by molar-refractivity contribution is -0.140. The number of hydrogen-bond acceptors (Lipinski definition) is 3. The van der Waals surface area contributed by atoms with E-state index < -0.39 is 0 Å². The topological polar surface area (TPSA) is 62.7 Å². The molecule has 1 unspecified atom stereocenters. The first kappa shape index (κ1) is 19.0. The van der Waals surface area contributed by atoms with Gasteiger partial charge in [0.15, 0.2) is 5.96 Å². The largest absolute Gasteiger partial charge is 0.469 e. The van der Waals surface area contributed by atoms with E-state index in [1.165, 1.54) is 12.7 Å². The molecule has 0 aliphatic heterocycles. The van der Waals surface area contributed by atoms with Crippen molar-refractivity contribution in [1.82, 2.24) is 10.6 Å². The summed E-state index contributed by atoms with van der Waals surface area (Å²) < 4.78 is 4.62. The number of aryl methyl sites for hydroxylation is 1. The number of nitrogens with one attached hydrogen (secondary N) is 2. The van der Waals surface area contributed by atoms with Crippen molar-refractivity contribution in [3.05, 3.63) is 35.9 Å². The highest BCUT2D eigenvalue weighted by molar-refractivity contribution is 5.79. The summed E-state index contributed by atoms with van der Waals surface area (Å²) in [5, 5.41) is 6.67. The van der Waals surface area contributed by atoms with Crippen LogP contribution in [0.15, 0.2) is 35.3 Å². The fourth-order valence-corrected chi connectivity index (χ4v) is 2.23. The van der Waals surface area contributed by atoms with Crippen molar-refractivity contribution in [3.8, 4) is 0 Å². The van der Waals surface area contributed by atoms with Gasteiger partial charge < -0.3 is 15.4 Å². The number of esters is 1. The van der Waals surface area contributed by atoms with E-state index >= 15 is 0 Å². The zero-order valence-electron chi connectivity index (χ0n) is 14.5. The van der Waals surface area contributed by atoms with Gasteiger partial charge in [-0.25, -0.2) is 0 Å². The minimum atomic E-state index is -0.151. The van der Waals surface area contributed by atoms with E-state index in [1.807, 2.05) is 6.07 Å². The SMILES string of the molecule is CN=C(NCCCCC(=O)OC)NC(C)CCc1ccccc1. The van der Waals surface area contributed by atoms with E-state index in [0.29, 0.717) is 12.5 Å². The van der Waals surface area contributed by atoms with Gasteiger partial charge in [-0.3, -0.25) is 9.79 Å². The smallest absolute Gasteiger partial charge is 0.305 e. The van der Waals surface area contributed by atoms with Crippen molar-refractivity contribution < 1.29 is 9.53 Å². The molecular formula is C18H29N3O2. The van der Waals surface area contributed by atoms with Crippen molar-refractivity contribution in [2.45, 2.75) is 45.1 Å². The molecule has 23 heavy (non-hydrogen) atoms. The van der Waals surface area contributed by atoms with Crippen LogP contribution in [-0.4, -0.2) is 38.7 Å². The maximum atomic E-state index is 11.0. The average molecular weight is 319 g/mol. The zero-order valence-corrected chi connectivity index (χ0v) is 14.5. The molecule has 2 N–H and O–H groups in total. The zero-order chi connectivity index (χ0) is 16.9. The second-order valence-electron chi connectivity index (χ2n) is 5.60. The molecule has 0 fully saturated rings. The first-order valence-corrected chi connectivity index (χ1v) is 8.23. The van der Waals surface area contributed by atoms with Crippen LogP contribution in [0.4, 0.5) is 0 Å². The van der Waals surface area contributed by atoms with Crippen LogP contribution >= 0.6 is 0 Å². The second kappa shape index (κ2) is 11.5. The van der Waals surface area contributed by atoms with Crippen LogP contribution in [0.1, 0.15) is 38.2 Å². The Balaban J connectivity index is 2.18. The molecule has 0 bridgehead atoms. The summed E-state index contributed by atoms with van der Waals surface area (Å²) in [5.74, 6) is 0.658. The van der Waals surface area contributed by atoms with Gasteiger partial charge in [-0.1, -0.05) is 30.3 Å². The van der Waals surface area contributed by atoms with Crippen molar-refractivity contribution in [1.29, 1.82) is 0 Å². The molecule has 0 aromatic heterocycles. The van der Waals surface area contributed by atoms with Crippen molar-refractivity contribution in [2.75, 3.05) is 20.7 Å². The predicted octanol–water partition coefficient (Wildman–Crippen LogP) is 2.52. The van der Waals surface area contributed by atoms with E-state index in [0.717, 1.165) is 38.2 Å². The first-order valence-electron chi connectivity index (χ1n) is 8.23. The number of carbonyl (C=O) groups excluding carboxylic acids is 1. The first-order chi connectivity index (χ1) is 11.2. The molecule has 1 aromatic carbocycles. The average Bonchev–Trinajstić information content (AvgIpc) is 2.59. The van der Waals surface area contributed by atoms with Crippen LogP contribution in [0, 0.1) is 0 Å². The summed E-state index contributed by atoms with van der Waals surface area (Å²) in [6.45, 7) is 2.95. The number of aliphatic imine (C=N–C) groups is 1. The summed E-state index contributed by atoms with van der Waals surface area (Å²) >= 11 is 0. The Hall–Kier alpha value is -2.04. The van der Waals surface area contributed by atoms with Crippen molar-refractivity contribution in [2.24, 2.45) is 4.99 Å². The van der Waals surface area contributed by atoms with Gasteiger partial charge in [-0.2, -0.15) is 0 Å². The molecule has 0 saturated carbocycles. The summed E-state index contributed by atoms with van der Waals surface area (Å²) in [7, 11) is 3.19. The predicted molar refractivity (Wildman–Crippen MR) is 94.6 cm³/mol. The fourth-order valence-electron chi connectivity index (χ4n) is 2.23. The Morgan fingerprint density at radius 2 is 2.00 bits per heavy atom. The summed E-state index contributed by atoms with van der Waals surface area (Å²) in [4.78, 5) is 15.3. The molecule has 1 atom stereocenters. The van der Waals surface area contributed by atoms with Crippen LogP contribution in [0.25, 0.3) is 0 Å². The molecule has 0 heterocycles. The normalized spacial score (nSPS) is 12.6. The number of guanidine groups is 1. The number of methoxy groups -OCH3 is 1. The van der Waals surface area contributed by atoms with E-state index in [4.69, 9.17) is 0 Å². The third-order valence-corrected chi connectivity index (χ3v) is 3.64. The fraction of sp³-hybridized carbons (Fsp3) is 0.556. The second-order valence-corrected chi connectivity index (χ2v) is 5.60. The van der Waals surface area contributed by atoms with Gasteiger partial charge in [-0.15, -0.1) is 0 Å².